The first-order chi connectivity index (χ1) is 7.34. The molecule has 0 fully saturated rings. The monoisotopic (exact) mass is 225 g/mol. The molecule has 1 aromatic heterocycles. The van der Waals surface area contributed by atoms with Gasteiger partial charge in [0.05, 0.1) is 18.1 Å². The summed E-state index contributed by atoms with van der Waals surface area (Å²) in [6, 6.07) is 3.67. The van der Waals surface area contributed by atoms with Crippen LogP contribution in [-0.2, 0) is 4.74 Å². The Kier molecular flexibility index (Phi) is 5.73. The summed E-state index contributed by atoms with van der Waals surface area (Å²) in [7, 11) is 0. The molecule has 0 aliphatic heterocycles. The van der Waals surface area contributed by atoms with Gasteiger partial charge in [0, 0.05) is 6.54 Å². The van der Waals surface area contributed by atoms with Crippen molar-refractivity contribution in [3.8, 4) is 0 Å². The predicted octanol–water partition coefficient (Wildman–Crippen LogP) is 2.07. The molecular formula is C11H15NO2S. The summed E-state index contributed by atoms with van der Waals surface area (Å²) in [5, 5.41) is 4.67. The molecule has 0 saturated heterocycles. The number of hydrogen-bond acceptors (Lipinski definition) is 3. The smallest absolute Gasteiger partial charge is 0.261 e. The number of hydrogen-bond donors (Lipinski definition) is 1. The fraction of sp³-hybridized carbons (Fsp3) is 0.364. The lowest BCUT2D eigenvalue weighted by Gasteiger charge is -2.04. The van der Waals surface area contributed by atoms with Gasteiger partial charge in [0.2, 0.25) is 0 Å². The van der Waals surface area contributed by atoms with Gasteiger partial charge in [0.25, 0.3) is 5.91 Å². The van der Waals surface area contributed by atoms with E-state index >= 15 is 0 Å². The molecule has 0 radical (unpaired) electrons. The van der Waals surface area contributed by atoms with Crippen molar-refractivity contribution in [3.63, 3.8) is 0 Å². The van der Waals surface area contributed by atoms with Crippen molar-refractivity contribution in [2.45, 2.75) is 6.42 Å². The molecule has 0 saturated carbocycles. The van der Waals surface area contributed by atoms with Crippen molar-refractivity contribution in [2.24, 2.45) is 0 Å². The van der Waals surface area contributed by atoms with E-state index in [1.807, 2.05) is 17.5 Å². The van der Waals surface area contributed by atoms with Crippen LogP contribution < -0.4 is 5.32 Å². The fourth-order valence-corrected chi connectivity index (χ4v) is 1.64. The first-order valence-corrected chi connectivity index (χ1v) is 5.73. The van der Waals surface area contributed by atoms with Crippen LogP contribution >= 0.6 is 11.3 Å². The number of thiophene rings is 1. The van der Waals surface area contributed by atoms with Crippen LogP contribution in [0.15, 0.2) is 30.2 Å². The van der Waals surface area contributed by atoms with E-state index in [2.05, 4.69) is 11.9 Å². The number of amides is 1. The molecule has 1 heterocycles. The van der Waals surface area contributed by atoms with Crippen molar-refractivity contribution in [1.29, 1.82) is 0 Å². The predicted molar refractivity (Wildman–Crippen MR) is 62.3 cm³/mol. The number of rotatable bonds is 7. The zero-order chi connectivity index (χ0) is 10.9. The molecule has 0 unspecified atom stereocenters. The van der Waals surface area contributed by atoms with Crippen molar-refractivity contribution in [3.05, 3.63) is 35.0 Å². The van der Waals surface area contributed by atoms with E-state index in [0.29, 0.717) is 19.8 Å². The summed E-state index contributed by atoms with van der Waals surface area (Å²) in [5.41, 5.74) is 0. The lowest BCUT2D eigenvalue weighted by Crippen LogP contribution is -2.26. The molecule has 82 valence electrons. The van der Waals surface area contributed by atoms with Crippen LogP contribution in [0.5, 0.6) is 0 Å². The van der Waals surface area contributed by atoms with E-state index in [9.17, 15) is 4.79 Å². The van der Waals surface area contributed by atoms with Gasteiger partial charge in [-0.05, 0) is 17.9 Å². The van der Waals surface area contributed by atoms with Crippen molar-refractivity contribution >= 4 is 17.2 Å². The van der Waals surface area contributed by atoms with Crippen molar-refractivity contribution in [1.82, 2.24) is 5.32 Å². The summed E-state index contributed by atoms with van der Waals surface area (Å²) >= 11 is 1.44. The Labute approximate surface area is 93.8 Å². The van der Waals surface area contributed by atoms with Gasteiger partial charge in [-0.1, -0.05) is 12.1 Å². The Hall–Kier alpha value is -1.13. The number of carbonyl (C=O) groups excluding carboxylic acids is 1. The maximum atomic E-state index is 11.4. The van der Waals surface area contributed by atoms with Crippen molar-refractivity contribution in [2.75, 3.05) is 19.8 Å². The average molecular weight is 225 g/mol. The van der Waals surface area contributed by atoms with Gasteiger partial charge >= 0.3 is 0 Å². The van der Waals surface area contributed by atoms with Gasteiger partial charge in [-0.3, -0.25) is 4.79 Å². The first kappa shape index (κ1) is 11.9. The van der Waals surface area contributed by atoms with E-state index < -0.39 is 0 Å². The zero-order valence-electron chi connectivity index (χ0n) is 8.57. The van der Waals surface area contributed by atoms with E-state index in [1.54, 1.807) is 6.07 Å². The van der Waals surface area contributed by atoms with Gasteiger partial charge in [0.15, 0.2) is 0 Å². The zero-order valence-corrected chi connectivity index (χ0v) is 9.39. The molecule has 15 heavy (non-hydrogen) atoms. The summed E-state index contributed by atoms with van der Waals surface area (Å²) in [5.74, 6) is -0.0303. The van der Waals surface area contributed by atoms with Crippen LogP contribution in [0.3, 0.4) is 0 Å². The summed E-state index contributed by atoms with van der Waals surface area (Å²) < 4.78 is 5.26. The van der Waals surface area contributed by atoms with Crippen molar-refractivity contribution < 1.29 is 9.53 Å². The van der Waals surface area contributed by atoms with Gasteiger partial charge in [0.1, 0.15) is 0 Å². The third-order valence-electron chi connectivity index (χ3n) is 1.74. The molecule has 1 N–H and O–H groups in total. The minimum atomic E-state index is -0.0303. The van der Waals surface area contributed by atoms with Crippen LogP contribution in [0.25, 0.3) is 0 Å². The molecule has 0 aliphatic rings. The van der Waals surface area contributed by atoms with Gasteiger partial charge in [-0.2, -0.15) is 0 Å². The second kappa shape index (κ2) is 7.20. The second-order valence-electron chi connectivity index (χ2n) is 2.92. The van der Waals surface area contributed by atoms with Crippen LogP contribution in [0.1, 0.15) is 16.1 Å². The summed E-state index contributed by atoms with van der Waals surface area (Å²) in [6.07, 6.45) is 2.66. The molecule has 0 bridgehead atoms. The minimum absolute atomic E-state index is 0.0303. The lowest BCUT2D eigenvalue weighted by molar-refractivity contribution is 0.0922. The van der Waals surface area contributed by atoms with Gasteiger partial charge in [-0.25, -0.2) is 0 Å². The maximum Gasteiger partial charge on any atom is 0.261 e. The highest BCUT2D eigenvalue weighted by atomic mass is 32.1. The van der Waals surface area contributed by atoms with E-state index in [0.717, 1.165) is 11.3 Å². The van der Waals surface area contributed by atoms with Gasteiger partial charge < -0.3 is 10.1 Å². The Bertz CT molecular complexity index is 296. The molecular weight excluding hydrogens is 210 g/mol. The topological polar surface area (TPSA) is 38.3 Å². The Morgan fingerprint density at radius 3 is 3.13 bits per heavy atom. The number of ether oxygens (including phenoxy) is 1. The highest BCUT2D eigenvalue weighted by Gasteiger charge is 2.04. The van der Waals surface area contributed by atoms with E-state index in [1.165, 1.54) is 11.3 Å². The molecule has 1 aromatic rings. The van der Waals surface area contributed by atoms with Gasteiger partial charge in [-0.15, -0.1) is 17.9 Å². The summed E-state index contributed by atoms with van der Waals surface area (Å²) in [6.45, 7) is 5.35. The molecule has 0 atom stereocenters. The number of nitrogens with one attached hydrogen (secondary N) is 1. The molecule has 3 nitrogen and oxygen atoms in total. The molecule has 1 rings (SSSR count). The summed E-state index contributed by atoms with van der Waals surface area (Å²) in [4.78, 5) is 12.2. The Morgan fingerprint density at radius 2 is 2.47 bits per heavy atom. The van der Waals surface area contributed by atoms with Crippen LogP contribution in [0.4, 0.5) is 0 Å². The first-order valence-electron chi connectivity index (χ1n) is 4.85. The molecule has 0 aliphatic carbocycles. The third-order valence-corrected chi connectivity index (χ3v) is 2.61. The average Bonchev–Trinajstić information content (AvgIpc) is 2.76. The fourth-order valence-electron chi connectivity index (χ4n) is 1.00. The quantitative estimate of drug-likeness (QED) is 0.570. The molecule has 1 amide bonds. The van der Waals surface area contributed by atoms with Crippen LogP contribution in [0.2, 0.25) is 0 Å². The maximum absolute atomic E-state index is 11.4. The van der Waals surface area contributed by atoms with E-state index in [-0.39, 0.29) is 5.91 Å². The normalized spacial score (nSPS) is 9.87. The lowest BCUT2D eigenvalue weighted by atomic mass is 10.4. The Morgan fingerprint density at radius 1 is 1.60 bits per heavy atom. The minimum Gasteiger partial charge on any atom is -0.379 e. The standard InChI is InChI=1S/C11H15NO2S/c1-2-3-7-14-8-6-12-11(13)10-5-4-9-15-10/h2,4-5,9H,1,3,6-8H2,(H,12,13). The highest BCUT2D eigenvalue weighted by molar-refractivity contribution is 7.12. The molecule has 0 spiro atoms. The third kappa shape index (κ3) is 4.76. The largest absolute Gasteiger partial charge is 0.379 e. The molecule has 4 heteroatoms. The molecule has 0 aromatic carbocycles. The van der Waals surface area contributed by atoms with Crippen LogP contribution in [0, 0.1) is 0 Å². The Balaban J connectivity index is 2.05. The SMILES string of the molecule is C=CCCOCCNC(=O)c1cccs1. The van der Waals surface area contributed by atoms with Crippen LogP contribution in [-0.4, -0.2) is 25.7 Å². The number of carbonyl (C=O) groups is 1. The van der Waals surface area contributed by atoms with E-state index in [4.69, 9.17) is 4.74 Å². The second-order valence-corrected chi connectivity index (χ2v) is 3.87. The highest BCUT2D eigenvalue weighted by Crippen LogP contribution is 2.07.